The Balaban J connectivity index is 1.64. The van der Waals surface area contributed by atoms with E-state index < -0.39 is 5.60 Å². The Kier molecular flexibility index (Phi) is 5.33. The van der Waals surface area contributed by atoms with E-state index in [0.29, 0.717) is 30.0 Å². The molecule has 0 saturated heterocycles. The van der Waals surface area contributed by atoms with Crippen LogP contribution >= 0.6 is 0 Å². The van der Waals surface area contributed by atoms with E-state index in [9.17, 15) is 9.90 Å². The van der Waals surface area contributed by atoms with Crippen LogP contribution in [0.25, 0.3) is 0 Å². The first-order valence-corrected chi connectivity index (χ1v) is 12.0. The summed E-state index contributed by atoms with van der Waals surface area (Å²) in [7, 11) is 0. The molecule has 0 aromatic rings. The maximum atomic E-state index is 12.0. The maximum absolute atomic E-state index is 12.0. The van der Waals surface area contributed by atoms with Gasteiger partial charge in [0.2, 0.25) is 0 Å². The minimum Gasteiger partial charge on any atom is -0.390 e. The Morgan fingerprint density at radius 1 is 1.07 bits per heavy atom. The molecule has 0 radical (unpaired) electrons. The summed E-state index contributed by atoms with van der Waals surface area (Å²) in [6.07, 6.45) is 17.8. The van der Waals surface area contributed by atoms with Gasteiger partial charge in [-0.05, 0) is 91.8 Å². The Hall–Kier alpha value is -1.41. The van der Waals surface area contributed by atoms with E-state index in [1.165, 1.54) is 31.3 Å². The lowest BCUT2D eigenvalue weighted by Gasteiger charge is -2.51. The molecule has 1 saturated carbocycles. The lowest BCUT2D eigenvalue weighted by atomic mass is 9.53. The molecule has 0 heterocycles. The third-order valence-electron chi connectivity index (χ3n) is 9.42. The number of carbonyl (C=O) groups excluding carboxylic acids is 1. The topological polar surface area (TPSA) is 37.3 Å². The SMILES string of the molecule is CC(/C=C/[C@@H](C)[C@H]1CCC2=C3C=CC4=CC(=O)CC[C@]4(C)C3CC[C@@]21C)C(C)(C)O. The highest BCUT2D eigenvalue weighted by molar-refractivity contribution is 5.92. The van der Waals surface area contributed by atoms with E-state index >= 15 is 0 Å². The molecular formula is C28H40O2. The number of carbonyl (C=O) groups is 1. The maximum Gasteiger partial charge on any atom is 0.156 e. The first kappa shape index (κ1) is 21.8. The molecule has 0 spiro atoms. The van der Waals surface area contributed by atoms with Crippen LogP contribution < -0.4 is 0 Å². The number of allylic oxidation sites excluding steroid dienone is 7. The van der Waals surface area contributed by atoms with Crippen LogP contribution in [0.15, 0.2) is 47.1 Å². The second-order valence-corrected chi connectivity index (χ2v) is 11.6. The minimum absolute atomic E-state index is 0.137. The van der Waals surface area contributed by atoms with Gasteiger partial charge in [-0.2, -0.15) is 0 Å². The highest BCUT2D eigenvalue weighted by Gasteiger charge is 2.53. The van der Waals surface area contributed by atoms with Gasteiger partial charge in [-0.3, -0.25) is 4.79 Å². The van der Waals surface area contributed by atoms with Crippen molar-refractivity contribution in [3.63, 3.8) is 0 Å². The molecule has 0 aliphatic heterocycles. The van der Waals surface area contributed by atoms with Crippen LogP contribution in [-0.4, -0.2) is 16.5 Å². The number of fused-ring (bicyclic) bond motifs is 4. The van der Waals surface area contributed by atoms with E-state index in [4.69, 9.17) is 0 Å². The van der Waals surface area contributed by atoms with Gasteiger partial charge in [0.05, 0.1) is 5.60 Å². The Morgan fingerprint density at radius 2 is 1.80 bits per heavy atom. The molecule has 30 heavy (non-hydrogen) atoms. The van der Waals surface area contributed by atoms with Crippen molar-refractivity contribution in [3.05, 3.63) is 47.1 Å². The van der Waals surface area contributed by atoms with E-state index in [1.807, 2.05) is 19.9 Å². The van der Waals surface area contributed by atoms with Crippen molar-refractivity contribution in [1.82, 2.24) is 0 Å². The van der Waals surface area contributed by atoms with E-state index in [1.54, 1.807) is 11.1 Å². The smallest absolute Gasteiger partial charge is 0.156 e. The standard InChI is InChI=1S/C28H40O2/c1-18(7-8-19(2)26(3,4)30)23-11-12-24-22-10-9-20-17-21(29)13-15-27(20,5)25(22)14-16-28(23,24)6/h7-10,17-19,23,25,30H,11-16H2,1-6H3/b8-7+/t18-,19?,23-,25?,27+,28-/m1/s1. The summed E-state index contributed by atoms with van der Waals surface area (Å²) in [5, 5.41) is 10.3. The summed E-state index contributed by atoms with van der Waals surface area (Å²) in [5.74, 6) is 2.20. The summed E-state index contributed by atoms with van der Waals surface area (Å²) in [4.78, 5) is 12.0. The summed E-state index contributed by atoms with van der Waals surface area (Å²) in [6, 6.07) is 0. The summed E-state index contributed by atoms with van der Waals surface area (Å²) in [6.45, 7) is 13.2. The molecular weight excluding hydrogens is 368 g/mol. The van der Waals surface area contributed by atoms with Gasteiger partial charge in [-0.25, -0.2) is 0 Å². The number of aliphatic hydroxyl groups is 1. The largest absolute Gasteiger partial charge is 0.390 e. The highest BCUT2D eigenvalue weighted by atomic mass is 16.3. The molecule has 0 aromatic heterocycles. The van der Waals surface area contributed by atoms with Gasteiger partial charge in [-0.1, -0.05) is 57.6 Å². The average Bonchev–Trinajstić information content (AvgIpc) is 3.03. The van der Waals surface area contributed by atoms with E-state index in [-0.39, 0.29) is 16.7 Å². The van der Waals surface area contributed by atoms with Crippen molar-refractivity contribution >= 4 is 5.78 Å². The third-order valence-corrected chi connectivity index (χ3v) is 9.42. The molecule has 4 rings (SSSR count). The predicted molar refractivity (Wildman–Crippen MR) is 124 cm³/mol. The van der Waals surface area contributed by atoms with Crippen molar-refractivity contribution in [2.24, 2.45) is 34.5 Å². The molecule has 1 fully saturated rings. The molecule has 6 atom stereocenters. The summed E-state index contributed by atoms with van der Waals surface area (Å²) in [5.41, 5.74) is 4.31. The zero-order valence-electron chi connectivity index (χ0n) is 19.8. The van der Waals surface area contributed by atoms with Gasteiger partial charge in [-0.15, -0.1) is 0 Å². The van der Waals surface area contributed by atoms with Crippen LogP contribution in [0.2, 0.25) is 0 Å². The van der Waals surface area contributed by atoms with Crippen LogP contribution in [0.5, 0.6) is 0 Å². The minimum atomic E-state index is -0.671. The lowest BCUT2D eigenvalue weighted by molar-refractivity contribution is -0.116. The summed E-state index contributed by atoms with van der Waals surface area (Å²) < 4.78 is 0. The van der Waals surface area contributed by atoms with Gasteiger partial charge >= 0.3 is 0 Å². The zero-order valence-corrected chi connectivity index (χ0v) is 19.8. The monoisotopic (exact) mass is 408 g/mol. The molecule has 2 nitrogen and oxygen atoms in total. The Morgan fingerprint density at radius 3 is 2.50 bits per heavy atom. The van der Waals surface area contributed by atoms with E-state index in [0.717, 1.165) is 6.42 Å². The molecule has 2 unspecified atom stereocenters. The van der Waals surface area contributed by atoms with Gasteiger partial charge < -0.3 is 5.11 Å². The molecule has 0 amide bonds. The number of rotatable bonds is 4. The third kappa shape index (κ3) is 3.40. The number of ketones is 1. The van der Waals surface area contributed by atoms with Crippen LogP contribution in [0.3, 0.4) is 0 Å². The van der Waals surface area contributed by atoms with Crippen LogP contribution in [0.4, 0.5) is 0 Å². The van der Waals surface area contributed by atoms with Crippen molar-refractivity contribution in [2.45, 2.75) is 85.7 Å². The van der Waals surface area contributed by atoms with Gasteiger partial charge in [0.25, 0.3) is 0 Å². The first-order valence-electron chi connectivity index (χ1n) is 12.0. The molecule has 0 aromatic carbocycles. The zero-order chi connectivity index (χ0) is 21.9. The molecule has 2 heteroatoms. The summed E-state index contributed by atoms with van der Waals surface area (Å²) >= 11 is 0. The average molecular weight is 409 g/mol. The number of hydrogen-bond acceptors (Lipinski definition) is 2. The van der Waals surface area contributed by atoms with E-state index in [2.05, 4.69) is 52.0 Å². The Labute approximate surface area is 183 Å². The van der Waals surface area contributed by atoms with Crippen molar-refractivity contribution in [1.29, 1.82) is 0 Å². The van der Waals surface area contributed by atoms with Gasteiger partial charge in [0.15, 0.2) is 5.78 Å². The van der Waals surface area contributed by atoms with Gasteiger partial charge in [0, 0.05) is 12.3 Å². The lowest BCUT2D eigenvalue weighted by Crippen LogP contribution is -2.41. The van der Waals surface area contributed by atoms with Crippen molar-refractivity contribution in [2.75, 3.05) is 0 Å². The normalized spacial score (nSPS) is 38.2. The second-order valence-electron chi connectivity index (χ2n) is 11.6. The Bertz CT molecular complexity index is 848. The quantitative estimate of drug-likeness (QED) is 0.534. The predicted octanol–water partition coefficient (Wildman–Crippen LogP) is 6.57. The highest BCUT2D eigenvalue weighted by Crippen LogP contribution is 2.63. The van der Waals surface area contributed by atoms with Crippen LogP contribution in [-0.2, 0) is 4.79 Å². The van der Waals surface area contributed by atoms with Crippen LogP contribution in [0.1, 0.15) is 80.1 Å². The molecule has 4 aliphatic rings. The fourth-order valence-corrected chi connectivity index (χ4v) is 6.91. The van der Waals surface area contributed by atoms with Gasteiger partial charge in [0.1, 0.15) is 0 Å². The first-order chi connectivity index (χ1) is 14.0. The molecule has 1 N–H and O–H groups in total. The fourth-order valence-electron chi connectivity index (χ4n) is 6.91. The van der Waals surface area contributed by atoms with Crippen molar-refractivity contribution < 1.29 is 9.90 Å². The number of hydrogen-bond donors (Lipinski definition) is 1. The molecule has 0 bridgehead atoms. The fraction of sp³-hybridized carbons (Fsp3) is 0.679. The molecule has 4 aliphatic carbocycles. The second kappa shape index (κ2) is 7.33. The van der Waals surface area contributed by atoms with Crippen molar-refractivity contribution in [3.8, 4) is 0 Å². The van der Waals surface area contributed by atoms with Crippen LogP contribution in [0, 0.1) is 34.5 Å². The molecule has 164 valence electrons.